The zero-order valence-electron chi connectivity index (χ0n) is 16.2. The van der Waals surface area contributed by atoms with E-state index in [4.69, 9.17) is 9.26 Å². The van der Waals surface area contributed by atoms with Gasteiger partial charge in [0.2, 0.25) is 0 Å². The van der Waals surface area contributed by atoms with Crippen molar-refractivity contribution >= 4 is 23.4 Å². The fourth-order valence-electron chi connectivity index (χ4n) is 2.62. The number of hydrogen-bond donors (Lipinski definition) is 1. The van der Waals surface area contributed by atoms with E-state index >= 15 is 0 Å². The van der Waals surface area contributed by atoms with Crippen molar-refractivity contribution in [2.75, 3.05) is 11.1 Å². The van der Waals surface area contributed by atoms with Crippen LogP contribution in [0.4, 0.5) is 18.9 Å². The maximum absolute atomic E-state index is 12.5. The largest absolute Gasteiger partial charge is 0.489 e. The van der Waals surface area contributed by atoms with Gasteiger partial charge in [-0.3, -0.25) is 4.79 Å². The number of nitrogens with one attached hydrogen (secondary N) is 1. The standard InChI is InChI=1S/C21H19F3N2O3S/c1-13-17(14(2)29-26-13)11-28-16-9-7-15(8-10-16)20(27)25-18-5-3-4-6-19(18)30-12-21(22,23)24/h3-10H,11-12H2,1-2H3,(H,25,27). The summed E-state index contributed by atoms with van der Waals surface area (Å²) in [6, 6.07) is 12.9. The smallest absolute Gasteiger partial charge is 0.398 e. The number of aryl methyl sites for hydroxylation is 2. The second-order valence-corrected chi connectivity index (χ2v) is 7.49. The number of thioether (sulfide) groups is 1. The van der Waals surface area contributed by atoms with Crippen LogP contribution in [0.15, 0.2) is 57.9 Å². The highest BCUT2D eigenvalue weighted by molar-refractivity contribution is 7.99. The number of halogens is 3. The lowest BCUT2D eigenvalue weighted by molar-refractivity contribution is -0.105. The lowest BCUT2D eigenvalue weighted by Crippen LogP contribution is -2.14. The van der Waals surface area contributed by atoms with Crippen LogP contribution in [-0.4, -0.2) is 23.0 Å². The predicted molar refractivity (Wildman–Crippen MR) is 108 cm³/mol. The van der Waals surface area contributed by atoms with Gasteiger partial charge in [0, 0.05) is 10.5 Å². The van der Waals surface area contributed by atoms with Crippen molar-refractivity contribution in [2.45, 2.75) is 31.5 Å². The van der Waals surface area contributed by atoms with Crippen molar-refractivity contribution in [2.24, 2.45) is 0 Å². The molecule has 0 aliphatic rings. The second kappa shape index (κ2) is 9.25. The van der Waals surface area contributed by atoms with E-state index in [2.05, 4.69) is 10.5 Å². The molecule has 158 valence electrons. The minimum atomic E-state index is -4.29. The molecule has 1 aromatic heterocycles. The molecule has 0 aliphatic heterocycles. The summed E-state index contributed by atoms with van der Waals surface area (Å²) < 4.78 is 48.3. The molecule has 30 heavy (non-hydrogen) atoms. The Morgan fingerprint density at radius 1 is 1.13 bits per heavy atom. The summed E-state index contributed by atoms with van der Waals surface area (Å²) in [5, 5.41) is 6.53. The minimum absolute atomic E-state index is 0.288. The number of carbonyl (C=O) groups is 1. The third kappa shape index (κ3) is 5.79. The summed E-state index contributed by atoms with van der Waals surface area (Å²) in [4.78, 5) is 12.9. The first-order valence-electron chi connectivity index (χ1n) is 8.97. The highest BCUT2D eigenvalue weighted by atomic mass is 32.2. The van der Waals surface area contributed by atoms with Gasteiger partial charge >= 0.3 is 6.18 Å². The fourth-order valence-corrected chi connectivity index (χ4v) is 3.38. The van der Waals surface area contributed by atoms with Crippen LogP contribution < -0.4 is 10.1 Å². The summed E-state index contributed by atoms with van der Waals surface area (Å²) in [6.07, 6.45) is -4.29. The van der Waals surface area contributed by atoms with Gasteiger partial charge in [0.05, 0.1) is 22.7 Å². The molecule has 0 bridgehead atoms. The zero-order chi connectivity index (χ0) is 21.7. The van der Waals surface area contributed by atoms with Gasteiger partial charge in [-0.15, -0.1) is 11.8 Å². The maximum Gasteiger partial charge on any atom is 0.398 e. The molecule has 0 fully saturated rings. The fraction of sp³-hybridized carbons (Fsp3) is 0.238. The molecule has 0 spiro atoms. The number of benzene rings is 2. The van der Waals surface area contributed by atoms with Crippen LogP contribution >= 0.6 is 11.8 Å². The number of amides is 1. The summed E-state index contributed by atoms with van der Waals surface area (Å²) >= 11 is 0.629. The number of para-hydroxylation sites is 1. The van der Waals surface area contributed by atoms with Gasteiger partial charge in [-0.25, -0.2) is 0 Å². The van der Waals surface area contributed by atoms with Crippen LogP contribution in [-0.2, 0) is 6.61 Å². The first kappa shape index (κ1) is 21.8. The summed E-state index contributed by atoms with van der Waals surface area (Å²) in [7, 11) is 0. The van der Waals surface area contributed by atoms with Crippen molar-refractivity contribution in [1.82, 2.24) is 5.16 Å². The van der Waals surface area contributed by atoms with Crippen molar-refractivity contribution < 1.29 is 27.2 Å². The van der Waals surface area contributed by atoms with Crippen LogP contribution in [0.25, 0.3) is 0 Å². The predicted octanol–water partition coefficient (Wildman–Crippen LogP) is 5.78. The van der Waals surface area contributed by atoms with E-state index in [0.29, 0.717) is 39.4 Å². The third-order valence-electron chi connectivity index (χ3n) is 4.21. The molecule has 5 nitrogen and oxygen atoms in total. The summed E-state index contributed by atoms with van der Waals surface area (Å²) in [6.45, 7) is 3.92. The Morgan fingerprint density at radius 3 is 2.47 bits per heavy atom. The van der Waals surface area contributed by atoms with Crippen molar-refractivity contribution in [3.05, 3.63) is 71.1 Å². The summed E-state index contributed by atoms with van der Waals surface area (Å²) in [5.41, 5.74) is 2.31. The quantitative estimate of drug-likeness (QED) is 0.476. The molecule has 0 unspecified atom stereocenters. The topological polar surface area (TPSA) is 64.4 Å². The van der Waals surface area contributed by atoms with E-state index in [1.807, 2.05) is 6.92 Å². The molecule has 1 N–H and O–H groups in total. The van der Waals surface area contributed by atoms with E-state index < -0.39 is 17.8 Å². The molecule has 3 aromatic rings. The molecule has 1 amide bonds. The lowest BCUT2D eigenvalue weighted by atomic mass is 10.2. The van der Waals surface area contributed by atoms with E-state index in [-0.39, 0.29) is 6.61 Å². The third-order valence-corrected chi connectivity index (χ3v) is 5.35. The molecule has 0 aliphatic carbocycles. The minimum Gasteiger partial charge on any atom is -0.489 e. The Kier molecular flexibility index (Phi) is 6.71. The number of rotatable bonds is 7. The molecule has 0 atom stereocenters. The first-order valence-corrected chi connectivity index (χ1v) is 9.96. The second-order valence-electron chi connectivity index (χ2n) is 6.47. The summed E-state index contributed by atoms with van der Waals surface area (Å²) in [5.74, 6) is -0.206. The van der Waals surface area contributed by atoms with Gasteiger partial charge in [-0.1, -0.05) is 17.3 Å². The average molecular weight is 436 g/mol. The molecule has 0 saturated heterocycles. The Balaban J connectivity index is 1.63. The van der Waals surface area contributed by atoms with Crippen molar-refractivity contribution in [1.29, 1.82) is 0 Å². The number of hydrogen-bond acceptors (Lipinski definition) is 5. The molecule has 1 heterocycles. The molecule has 3 rings (SSSR count). The number of alkyl halides is 3. The van der Waals surface area contributed by atoms with Crippen LogP contribution in [0.3, 0.4) is 0 Å². The van der Waals surface area contributed by atoms with Crippen LogP contribution in [0, 0.1) is 13.8 Å². The molecule has 0 saturated carbocycles. The maximum atomic E-state index is 12.5. The lowest BCUT2D eigenvalue weighted by Gasteiger charge is -2.12. The van der Waals surface area contributed by atoms with Gasteiger partial charge < -0.3 is 14.6 Å². The Labute approximate surface area is 175 Å². The Hall–Kier alpha value is -2.94. The van der Waals surface area contributed by atoms with Gasteiger partial charge in [-0.05, 0) is 50.2 Å². The molecular weight excluding hydrogens is 417 g/mol. The molecular formula is C21H19F3N2O3S. The average Bonchev–Trinajstić information content (AvgIpc) is 3.03. The van der Waals surface area contributed by atoms with E-state index in [1.54, 1.807) is 49.4 Å². The van der Waals surface area contributed by atoms with Gasteiger partial charge in [0.1, 0.15) is 18.1 Å². The number of ether oxygens (including phenoxy) is 1. The van der Waals surface area contributed by atoms with Gasteiger partial charge in [0.25, 0.3) is 5.91 Å². The monoisotopic (exact) mass is 436 g/mol. The zero-order valence-corrected chi connectivity index (χ0v) is 17.1. The highest BCUT2D eigenvalue weighted by Crippen LogP contribution is 2.32. The number of anilines is 1. The van der Waals surface area contributed by atoms with Crippen LogP contribution in [0.2, 0.25) is 0 Å². The van der Waals surface area contributed by atoms with E-state index in [9.17, 15) is 18.0 Å². The number of carbonyl (C=O) groups excluding carboxylic acids is 1. The van der Waals surface area contributed by atoms with Gasteiger partial charge in [0.15, 0.2) is 0 Å². The molecule has 2 aromatic carbocycles. The number of aromatic nitrogens is 1. The van der Waals surface area contributed by atoms with E-state index in [0.717, 1.165) is 11.3 Å². The normalized spacial score (nSPS) is 11.4. The van der Waals surface area contributed by atoms with E-state index in [1.165, 1.54) is 6.07 Å². The number of nitrogens with zero attached hydrogens (tertiary/aromatic N) is 1. The van der Waals surface area contributed by atoms with Crippen molar-refractivity contribution in [3.8, 4) is 5.75 Å². The van der Waals surface area contributed by atoms with Gasteiger partial charge in [-0.2, -0.15) is 13.2 Å². The molecule has 9 heteroatoms. The van der Waals surface area contributed by atoms with Crippen molar-refractivity contribution in [3.63, 3.8) is 0 Å². The Morgan fingerprint density at radius 2 is 1.83 bits per heavy atom. The van der Waals surface area contributed by atoms with Crippen LogP contribution in [0.1, 0.15) is 27.4 Å². The SMILES string of the molecule is Cc1noc(C)c1COc1ccc(C(=O)Nc2ccccc2SCC(F)(F)F)cc1. The molecule has 0 radical (unpaired) electrons. The Bertz CT molecular complexity index is 998. The first-order chi connectivity index (χ1) is 14.2. The van der Waals surface area contributed by atoms with Crippen LogP contribution in [0.5, 0.6) is 5.75 Å². The highest BCUT2D eigenvalue weighted by Gasteiger charge is 2.27.